The van der Waals surface area contributed by atoms with Gasteiger partial charge < -0.3 is 5.32 Å². The van der Waals surface area contributed by atoms with Gasteiger partial charge in [0.25, 0.3) is 0 Å². The smallest absolute Gasteiger partial charge is 0.0541 e. The molecule has 1 unspecified atom stereocenters. The van der Waals surface area contributed by atoms with Crippen LogP contribution in [0.2, 0.25) is 0 Å². The third kappa shape index (κ3) is 3.88. The topological polar surface area (TPSA) is 24.9 Å². The van der Waals surface area contributed by atoms with E-state index in [0.717, 1.165) is 12.2 Å². The highest BCUT2D eigenvalue weighted by molar-refractivity contribution is 5.03. The normalized spacial score (nSPS) is 12.7. The minimum atomic E-state index is 0.641. The van der Waals surface area contributed by atoms with E-state index >= 15 is 0 Å². The van der Waals surface area contributed by atoms with Crippen LogP contribution in [0.15, 0.2) is 24.4 Å². The van der Waals surface area contributed by atoms with E-state index in [0.29, 0.717) is 6.04 Å². The SMILES string of the molecule is CCCC(CC)NCc1ccccn1. The predicted octanol–water partition coefficient (Wildman–Crippen LogP) is 2.75. The van der Waals surface area contributed by atoms with Crippen LogP contribution >= 0.6 is 0 Å². The molecule has 0 aromatic carbocycles. The van der Waals surface area contributed by atoms with Crippen molar-refractivity contribution >= 4 is 0 Å². The molecule has 0 saturated heterocycles. The molecule has 1 N–H and O–H groups in total. The van der Waals surface area contributed by atoms with Gasteiger partial charge in [-0.25, -0.2) is 0 Å². The first kappa shape index (κ1) is 11.2. The van der Waals surface area contributed by atoms with Gasteiger partial charge in [0.15, 0.2) is 0 Å². The van der Waals surface area contributed by atoms with E-state index in [4.69, 9.17) is 0 Å². The van der Waals surface area contributed by atoms with Gasteiger partial charge in [0.2, 0.25) is 0 Å². The van der Waals surface area contributed by atoms with Crippen LogP contribution in [0.3, 0.4) is 0 Å². The summed E-state index contributed by atoms with van der Waals surface area (Å²) in [6, 6.07) is 6.69. The molecule has 78 valence electrons. The average molecular weight is 192 g/mol. The van der Waals surface area contributed by atoms with Gasteiger partial charge in [0.1, 0.15) is 0 Å². The Labute approximate surface area is 86.8 Å². The van der Waals surface area contributed by atoms with Crippen molar-refractivity contribution < 1.29 is 0 Å². The number of hydrogen-bond acceptors (Lipinski definition) is 2. The lowest BCUT2D eigenvalue weighted by molar-refractivity contribution is 0.459. The van der Waals surface area contributed by atoms with Crippen LogP contribution in [0, 0.1) is 0 Å². The third-order valence-corrected chi connectivity index (χ3v) is 2.43. The molecule has 1 heterocycles. The van der Waals surface area contributed by atoms with Crippen LogP contribution in [0.1, 0.15) is 38.8 Å². The van der Waals surface area contributed by atoms with Crippen molar-refractivity contribution in [2.45, 2.75) is 45.7 Å². The summed E-state index contributed by atoms with van der Waals surface area (Å²) in [5.74, 6) is 0. The first-order valence-electron chi connectivity index (χ1n) is 5.50. The molecule has 0 spiro atoms. The molecule has 0 fully saturated rings. The molecular formula is C12H20N2. The van der Waals surface area contributed by atoms with Crippen molar-refractivity contribution in [3.8, 4) is 0 Å². The Balaban J connectivity index is 2.32. The van der Waals surface area contributed by atoms with Crippen LogP contribution in [0.5, 0.6) is 0 Å². The molecule has 14 heavy (non-hydrogen) atoms. The second kappa shape index (κ2) is 6.55. The molecule has 1 aromatic rings. The van der Waals surface area contributed by atoms with Crippen molar-refractivity contribution in [1.29, 1.82) is 0 Å². The standard InChI is InChI=1S/C12H20N2/c1-3-7-11(4-2)14-10-12-8-5-6-9-13-12/h5-6,8-9,11,14H,3-4,7,10H2,1-2H3. The lowest BCUT2D eigenvalue weighted by atomic mass is 10.1. The van der Waals surface area contributed by atoms with E-state index < -0.39 is 0 Å². The predicted molar refractivity (Wildman–Crippen MR) is 60.1 cm³/mol. The molecule has 0 radical (unpaired) electrons. The summed E-state index contributed by atoms with van der Waals surface area (Å²) in [5, 5.41) is 3.52. The van der Waals surface area contributed by atoms with E-state index in [9.17, 15) is 0 Å². The van der Waals surface area contributed by atoms with E-state index in [-0.39, 0.29) is 0 Å². The number of rotatable bonds is 6. The summed E-state index contributed by atoms with van der Waals surface area (Å²) in [4.78, 5) is 4.28. The summed E-state index contributed by atoms with van der Waals surface area (Å²) >= 11 is 0. The molecule has 2 nitrogen and oxygen atoms in total. The molecule has 1 rings (SSSR count). The van der Waals surface area contributed by atoms with Crippen molar-refractivity contribution in [3.63, 3.8) is 0 Å². The zero-order valence-corrected chi connectivity index (χ0v) is 9.16. The van der Waals surface area contributed by atoms with Crippen LogP contribution in [0.25, 0.3) is 0 Å². The molecule has 0 bridgehead atoms. The highest BCUT2D eigenvalue weighted by Gasteiger charge is 2.03. The number of aromatic nitrogens is 1. The summed E-state index contributed by atoms with van der Waals surface area (Å²) in [6.07, 6.45) is 5.54. The third-order valence-electron chi connectivity index (χ3n) is 2.43. The number of nitrogens with one attached hydrogen (secondary N) is 1. The quantitative estimate of drug-likeness (QED) is 0.749. The fraction of sp³-hybridized carbons (Fsp3) is 0.583. The van der Waals surface area contributed by atoms with Gasteiger partial charge >= 0.3 is 0 Å². The van der Waals surface area contributed by atoms with Gasteiger partial charge in [-0.2, -0.15) is 0 Å². The van der Waals surface area contributed by atoms with Crippen LogP contribution in [-0.2, 0) is 6.54 Å². The van der Waals surface area contributed by atoms with Crippen molar-refractivity contribution in [1.82, 2.24) is 10.3 Å². The Kier molecular flexibility index (Phi) is 5.23. The highest BCUT2D eigenvalue weighted by Crippen LogP contribution is 2.02. The molecule has 2 heteroatoms. The number of hydrogen-bond donors (Lipinski definition) is 1. The molecule has 0 aliphatic carbocycles. The fourth-order valence-electron chi connectivity index (χ4n) is 1.55. The second-order valence-electron chi connectivity index (χ2n) is 3.60. The maximum Gasteiger partial charge on any atom is 0.0541 e. The Bertz CT molecular complexity index is 233. The van der Waals surface area contributed by atoms with E-state index in [2.05, 4.69) is 30.2 Å². The lowest BCUT2D eigenvalue weighted by Gasteiger charge is -2.15. The van der Waals surface area contributed by atoms with Crippen molar-refractivity contribution in [3.05, 3.63) is 30.1 Å². The molecule has 0 saturated carbocycles. The van der Waals surface area contributed by atoms with Gasteiger partial charge in [-0.3, -0.25) is 4.98 Å². The van der Waals surface area contributed by atoms with Gasteiger partial charge in [-0.05, 0) is 25.0 Å². The Morgan fingerprint density at radius 1 is 1.36 bits per heavy atom. The zero-order valence-electron chi connectivity index (χ0n) is 9.16. The Morgan fingerprint density at radius 3 is 2.79 bits per heavy atom. The molecular weight excluding hydrogens is 172 g/mol. The minimum Gasteiger partial charge on any atom is -0.308 e. The van der Waals surface area contributed by atoms with Gasteiger partial charge in [-0.1, -0.05) is 26.3 Å². The molecule has 1 atom stereocenters. The number of nitrogens with zero attached hydrogens (tertiary/aromatic N) is 1. The van der Waals surface area contributed by atoms with Gasteiger partial charge in [-0.15, -0.1) is 0 Å². The molecule has 0 aliphatic rings. The van der Waals surface area contributed by atoms with Gasteiger partial charge in [0, 0.05) is 18.8 Å². The minimum absolute atomic E-state index is 0.641. The van der Waals surface area contributed by atoms with Crippen LogP contribution in [-0.4, -0.2) is 11.0 Å². The Hall–Kier alpha value is -0.890. The first-order valence-corrected chi connectivity index (χ1v) is 5.50. The molecule has 0 aliphatic heterocycles. The van der Waals surface area contributed by atoms with Crippen molar-refractivity contribution in [2.24, 2.45) is 0 Å². The summed E-state index contributed by atoms with van der Waals surface area (Å²) in [5.41, 5.74) is 1.13. The van der Waals surface area contributed by atoms with Gasteiger partial charge in [0.05, 0.1) is 5.69 Å². The summed E-state index contributed by atoms with van der Waals surface area (Å²) in [6.45, 7) is 5.34. The fourth-order valence-corrected chi connectivity index (χ4v) is 1.55. The lowest BCUT2D eigenvalue weighted by Crippen LogP contribution is -2.27. The number of pyridine rings is 1. The first-order chi connectivity index (χ1) is 6.86. The summed E-state index contributed by atoms with van der Waals surface area (Å²) in [7, 11) is 0. The van der Waals surface area contributed by atoms with E-state index in [1.165, 1.54) is 19.3 Å². The van der Waals surface area contributed by atoms with E-state index in [1.807, 2.05) is 18.3 Å². The van der Waals surface area contributed by atoms with E-state index in [1.54, 1.807) is 0 Å². The largest absolute Gasteiger partial charge is 0.308 e. The summed E-state index contributed by atoms with van der Waals surface area (Å²) < 4.78 is 0. The average Bonchev–Trinajstić information content (AvgIpc) is 2.25. The van der Waals surface area contributed by atoms with Crippen LogP contribution in [0.4, 0.5) is 0 Å². The highest BCUT2D eigenvalue weighted by atomic mass is 14.9. The Morgan fingerprint density at radius 2 is 2.21 bits per heavy atom. The maximum absolute atomic E-state index is 4.28. The maximum atomic E-state index is 4.28. The molecule has 1 aromatic heterocycles. The molecule has 0 amide bonds. The second-order valence-corrected chi connectivity index (χ2v) is 3.60. The van der Waals surface area contributed by atoms with Crippen LogP contribution < -0.4 is 5.32 Å². The zero-order chi connectivity index (χ0) is 10.2. The van der Waals surface area contributed by atoms with Crippen molar-refractivity contribution in [2.75, 3.05) is 0 Å². The monoisotopic (exact) mass is 192 g/mol.